The third kappa shape index (κ3) is 4.16. The lowest BCUT2D eigenvalue weighted by Crippen LogP contribution is -2.19. The number of carbonyl (C=O) groups excluding carboxylic acids is 1. The van der Waals surface area contributed by atoms with Crippen molar-refractivity contribution in [3.05, 3.63) is 41.0 Å². The maximum absolute atomic E-state index is 12.5. The van der Waals surface area contributed by atoms with E-state index < -0.39 is 15.9 Å². The topological polar surface area (TPSA) is 122 Å². The first-order chi connectivity index (χ1) is 12.8. The second-order valence-electron chi connectivity index (χ2n) is 5.68. The average molecular weight is 409 g/mol. The first-order valence-corrected chi connectivity index (χ1v) is 10.5. The van der Waals surface area contributed by atoms with Crippen LogP contribution in [0.5, 0.6) is 0 Å². The van der Waals surface area contributed by atoms with Gasteiger partial charge in [-0.1, -0.05) is 11.3 Å². The van der Waals surface area contributed by atoms with Crippen LogP contribution in [0.1, 0.15) is 17.4 Å². The molecule has 9 nitrogen and oxygen atoms in total. The first kappa shape index (κ1) is 19.4. The molecule has 0 aliphatic carbocycles. The summed E-state index contributed by atoms with van der Waals surface area (Å²) in [6.45, 7) is 3.45. The summed E-state index contributed by atoms with van der Waals surface area (Å²) in [5.74, 6) is -0.466. The van der Waals surface area contributed by atoms with Crippen LogP contribution in [0.3, 0.4) is 0 Å². The van der Waals surface area contributed by atoms with E-state index in [4.69, 9.17) is 9.88 Å². The molecule has 0 saturated heterocycles. The van der Waals surface area contributed by atoms with Crippen LogP contribution in [0.4, 0.5) is 0 Å². The summed E-state index contributed by atoms with van der Waals surface area (Å²) >= 11 is 1.21. The van der Waals surface area contributed by atoms with Crippen LogP contribution >= 0.6 is 11.3 Å². The van der Waals surface area contributed by atoms with E-state index in [1.165, 1.54) is 23.5 Å². The van der Waals surface area contributed by atoms with E-state index in [0.29, 0.717) is 29.2 Å². The van der Waals surface area contributed by atoms with Crippen molar-refractivity contribution in [2.45, 2.75) is 24.9 Å². The molecule has 0 aliphatic heterocycles. The van der Waals surface area contributed by atoms with Crippen LogP contribution < -0.4 is 9.94 Å². The van der Waals surface area contributed by atoms with Crippen molar-refractivity contribution >= 4 is 37.5 Å². The van der Waals surface area contributed by atoms with E-state index in [2.05, 4.69) is 10.1 Å². The molecule has 0 unspecified atom stereocenters. The molecule has 2 N–H and O–H groups in total. The van der Waals surface area contributed by atoms with Gasteiger partial charge in [-0.3, -0.25) is 9.48 Å². The second-order valence-corrected chi connectivity index (χ2v) is 8.25. The lowest BCUT2D eigenvalue weighted by atomic mass is 10.3. The highest BCUT2D eigenvalue weighted by Crippen LogP contribution is 2.21. The number of aryl methyl sites for hydroxylation is 1. The summed E-state index contributed by atoms with van der Waals surface area (Å²) in [5, 5.41) is 9.37. The maximum atomic E-state index is 12.5. The van der Waals surface area contributed by atoms with E-state index in [-0.39, 0.29) is 10.6 Å². The fraction of sp³-hybridized carbons (Fsp3) is 0.312. The molecule has 2 heterocycles. The van der Waals surface area contributed by atoms with Crippen LogP contribution in [0.15, 0.2) is 40.4 Å². The Kier molecular flexibility index (Phi) is 5.56. The molecule has 0 radical (unpaired) electrons. The molecule has 11 heteroatoms. The van der Waals surface area contributed by atoms with Gasteiger partial charge in [-0.15, -0.1) is 0 Å². The van der Waals surface area contributed by atoms with Crippen molar-refractivity contribution in [1.82, 2.24) is 14.3 Å². The Bertz CT molecular complexity index is 1160. The number of nitrogens with two attached hydrogens (primary N) is 1. The fourth-order valence-corrected chi connectivity index (χ4v) is 4.22. The minimum Gasteiger partial charge on any atom is -0.383 e. The number of hydrogen-bond donors (Lipinski definition) is 1. The van der Waals surface area contributed by atoms with E-state index in [1.54, 1.807) is 30.1 Å². The van der Waals surface area contributed by atoms with E-state index >= 15 is 0 Å². The minimum absolute atomic E-state index is 0.00899. The van der Waals surface area contributed by atoms with Crippen molar-refractivity contribution < 1.29 is 17.9 Å². The number of ether oxygens (including phenoxy) is 1. The number of sulfonamides is 1. The molecule has 1 amide bonds. The first-order valence-electron chi connectivity index (χ1n) is 8.11. The van der Waals surface area contributed by atoms with Crippen molar-refractivity contribution in [1.29, 1.82) is 0 Å². The smallest absolute Gasteiger partial charge is 0.300 e. The van der Waals surface area contributed by atoms with Crippen LogP contribution in [0.2, 0.25) is 0 Å². The number of aromatic nitrogens is 3. The highest BCUT2D eigenvalue weighted by molar-refractivity contribution is 7.89. The number of carbonyl (C=O) groups is 1. The van der Waals surface area contributed by atoms with E-state index in [0.717, 1.165) is 5.52 Å². The average Bonchev–Trinajstić information content (AvgIpc) is 3.23. The predicted molar refractivity (Wildman–Crippen MR) is 101 cm³/mol. The number of rotatable bonds is 6. The van der Waals surface area contributed by atoms with E-state index in [9.17, 15) is 13.2 Å². The molecule has 3 rings (SSSR count). The Hall–Kier alpha value is -2.34. The lowest BCUT2D eigenvalue weighted by molar-refractivity contribution is 0.0992. The van der Waals surface area contributed by atoms with Crippen molar-refractivity contribution in [2.75, 3.05) is 13.7 Å². The Morgan fingerprint density at radius 2 is 2.15 bits per heavy atom. The second kappa shape index (κ2) is 7.72. The molecule has 0 spiro atoms. The maximum Gasteiger partial charge on any atom is 0.300 e. The van der Waals surface area contributed by atoms with Crippen molar-refractivity contribution in [2.24, 2.45) is 10.1 Å². The molecule has 0 fully saturated rings. The van der Waals surface area contributed by atoms with Gasteiger partial charge in [0.25, 0.3) is 5.91 Å². The molecule has 27 heavy (non-hydrogen) atoms. The Morgan fingerprint density at radius 1 is 1.37 bits per heavy atom. The standard InChI is InChI=1S/C16H19N5O4S2/c1-3-20-7-6-12(19-20)15(22)18-16-21(8-9-25-2)13-5-4-11(27(17,23)24)10-14(13)26-16/h4-7,10H,3,8-9H2,1-2H3,(H2,17,23,24). The number of hydrogen-bond acceptors (Lipinski definition) is 6. The number of fused-ring (bicyclic) bond motifs is 1. The number of amides is 1. The summed E-state index contributed by atoms with van der Waals surface area (Å²) in [6, 6.07) is 6.17. The molecule has 0 aliphatic rings. The Balaban J connectivity index is 2.13. The molecule has 2 aromatic heterocycles. The number of thiazole rings is 1. The summed E-state index contributed by atoms with van der Waals surface area (Å²) in [6.07, 6.45) is 1.71. The van der Waals surface area contributed by atoms with Crippen molar-refractivity contribution in [3.8, 4) is 0 Å². The van der Waals surface area contributed by atoms with Crippen molar-refractivity contribution in [3.63, 3.8) is 0 Å². The van der Waals surface area contributed by atoms with Gasteiger partial charge in [-0.05, 0) is 31.2 Å². The zero-order valence-electron chi connectivity index (χ0n) is 14.8. The Morgan fingerprint density at radius 3 is 2.78 bits per heavy atom. The zero-order valence-corrected chi connectivity index (χ0v) is 16.5. The number of methoxy groups -OCH3 is 1. The molecule has 1 aromatic carbocycles. The van der Waals surface area contributed by atoms with Gasteiger partial charge < -0.3 is 9.30 Å². The summed E-state index contributed by atoms with van der Waals surface area (Å²) in [5.41, 5.74) is 0.993. The van der Waals surface area contributed by atoms with Gasteiger partial charge in [0.2, 0.25) is 10.0 Å². The quantitative estimate of drug-likeness (QED) is 0.650. The molecule has 3 aromatic rings. The van der Waals surface area contributed by atoms with Gasteiger partial charge in [0, 0.05) is 26.4 Å². The lowest BCUT2D eigenvalue weighted by Gasteiger charge is -2.04. The van der Waals surface area contributed by atoms with Gasteiger partial charge in [-0.2, -0.15) is 10.1 Å². The summed E-state index contributed by atoms with van der Waals surface area (Å²) in [7, 11) is -2.24. The summed E-state index contributed by atoms with van der Waals surface area (Å²) in [4.78, 5) is 17.1. The van der Waals surface area contributed by atoms with Gasteiger partial charge in [0.1, 0.15) is 0 Å². The fourth-order valence-electron chi connectivity index (χ4n) is 2.51. The van der Waals surface area contributed by atoms with Crippen LogP contribution in [0, 0.1) is 0 Å². The van der Waals surface area contributed by atoms with Gasteiger partial charge in [-0.25, -0.2) is 13.6 Å². The largest absolute Gasteiger partial charge is 0.383 e. The van der Waals surface area contributed by atoms with Crippen LogP contribution in [0.25, 0.3) is 10.2 Å². The van der Waals surface area contributed by atoms with Gasteiger partial charge in [0.05, 0.1) is 21.7 Å². The molecular formula is C16H19N5O4S2. The highest BCUT2D eigenvalue weighted by atomic mass is 32.2. The number of nitrogens with zero attached hydrogens (tertiary/aromatic N) is 4. The summed E-state index contributed by atoms with van der Waals surface area (Å²) < 4.78 is 32.4. The molecule has 144 valence electrons. The Labute approximate surface area is 159 Å². The normalized spacial score (nSPS) is 12.8. The number of benzene rings is 1. The third-order valence-electron chi connectivity index (χ3n) is 3.88. The van der Waals surface area contributed by atoms with Gasteiger partial charge >= 0.3 is 0 Å². The highest BCUT2D eigenvalue weighted by Gasteiger charge is 2.14. The predicted octanol–water partition coefficient (Wildman–Crippen LogP) is 0.954. The van der Waals surface area contributed by atoms with Crippen LogP contribution in [-0.4, -0.2) is 42.4 Å². The zero-order chi connectivity index (χ0) is 19.6. The van der Waals surface area contributed by atoms with E-state index in [1.807, 2.05) is 11.5 Å². The SMILES string of the molecule is CCn1ccc(C(=O)N=c2sc3cc(S(N)(=O)=O)ccc3n2CCOC)n1. The minimum atomic E-state index is -3.82. The monoisotopic (exact) mass is 409 g/mol. The molecule has 0 bridgehead atoms. The van der Waals surface area contributed by atoms with Gasteiger partial charge in [0.15, 0.2) is 10.5 Å². The van der Waals surface area contributed by atoms with Crippen LogP contribution in [-0.2, 0) is 27.8 Å². The molecule has 0 saturated carbocycles. The molecule has 0 atom stereocenters. The number of primary sulfonamides is 1. The third-order valence-corrected chi connectivity index (χ3v) is 5.83. The molecular weight excluding hydrogens is 390 g/mol.